The second-order valence-electron chi connectivity index (χ2n) is 6.71. The lowest BCUT2D eigenvalue weighted by molar-refractivity contribution is -0.384. The number of non-ortho nitro benzene ring substituents is 1. The maximum absolute atomic E-state index is 12.6. The van der Waals surface area contributed by atoms with Crippen molar-refractivity contribution in [2.75, 3.05) is 5.75 Å². The number of hydrogen-bond acceptors (Lipinski definition) is 5. The third kappa shape index (κ3) is 3.05. The number of thioether (sulfide) groups is 1. The number of benzene rings is 1. The molecule has 0 spiro atoms. The van der Waals surface area contributed by atoms with Gasteiger partial charge in [-0.05, 0) is 24.2 Å². The van der Waals surface area contributed by atoms with Crippen molar-refractivity contribution >= 4 is 29.3 Å². The van der Waals surface area contributed by atoms with E-state index >= 15 is 0 Å². The van der Waals surface area contributed by atoms with Crippen molar-refractivity contribution in [1.29, 1.82) is 0 Å². The molecule has 1 aromatic rings. The van der Waals surface area contributed by atoms with Crippen molar-refractivity contribution in [2.24, 2.45) is 5.92 Å². The zero-order chi connectivity index (χ0) is 18.0. The highest BCUT2D eigenvalue weighted by molar-refractivity contribution is 8.01. The molecule has 2 fully saturated rings. The first-order chi connectivity index (χ1) is 12.0. The number of imide groups is 1. The van der Waals surface area contributed by atoms with Crippen LogP contribution in [0.25, 0.3) is 0 Å². The first-order valence-electron chi connectivity index (χ1n) is 8.74. The summed E-state index contributed by atoms with van der Waals surface area (Å²) in [5.41, 5.74) is 0.796. The molecule has 1 aliphatic heterocycles. The Morgan fingerprint density at radius 2 is 2.08 bits per heavy atom. The minimum absolute atomic E-state index is 0.0220. The Morgan fingerprint density at radius 3 is 2.76 bits per heavy atom. The molecule has 0 unspecified atom stereocenters. The maximum Gasteiger partial charge on any atom is 0.269 e. The summed E-state index contributed by atoms with van der Waals surface area (Å²) in [6, 6.07) is 6.46. The molecule has 25 heavy (non-hydrogen) atoms. The Balaban J connectivity index is 1.82. The molecule has 1 aliphatic carbocycles. The number of carbonyl (C=O) groups excluding carboxylic acids is 2. The average Bonchev–Trinajstić information content (AvgIpc) is 2.74. The summed E-state index contributed by atoms with van der Waals surface area (Å²) in [5, 5.41) is 13.5. The van der Waals surface area contributed by atoms with E-state index in [-0.39, 0.29) is 29.3 Å². The van der Waals surface area contributed by atoms with Gasteiger partial charge in [-0.25, -0.2) is 0 Å². The molecule has 3 atom stereocenters. The van der Waals surface area contributed by atoms with Gasteiger partial charge in [0.1, 0.15) is 4.75 Å². The summed E-state index contributed by atoms with van der Waals surface area (Å²) in [4.78, 5) is 35.3. The van der Waals surface area contributed by atoms with Gasteiger partial charge in [0, 0.05) is 18.1 Å². The second-order valence-corrected chi connectivity index (χ2v) is 8.09. The van der Waals surface area contributed by atoms with Crippen LogP contribution in [0.1, 0.15) is 50.5 Å². The fourth-order valence-corrected chi connectivity index (χ4v) is 5.56. The molecule has 1 N–H and O–H groups in total. The predicted molar refractivity (Wildman–Crippen MR) is 96.4 cm³/mol. The summed E-state index contributed by atoms with van der Waals surface area (Å²) in [6.45, 7) is 2.15. The Bertz CT molecular complexity index is 708. The topological polar surface area (TPSA) is 89.3 Å². The molecule has 0 aromatic heterocycles. The van der Waals surface area contributed by atoms with Gasteiger partial charge < -0.3 is 0 Å². The quantitative estimate of drug-likeness (QED) is 0.331. The SMILES string of the molecule is CCCCCCS[C@]12C(=O)NC(=O)[C@H]1C[C@@H]2c1cccc([N+](=O)[O-])c1. The number of unbranched alkanes of at least 4 members (excludes halogenated alkanes) is 3. The molecule has 0 bridgehead atoms. The molecule has 2 amide bonds. The number of nitrogens with zero attached hydrogens (tertiary/aromatic N) is 1. The normalized spacial score (nSPS) is 27.6. The molecule has 3 rings (SSSR count). The number of fused-ring (bicyclic) bond motifs is 1. The molecule has 1 aromatic carbocycles. The van der Waals surface area contributed by atoms with Gasteiger partial charge in [0.25, 0.3) is 5.69 Å². The molecule has 134 valence electrons. The summed E-state index contributed by atoms with van der Waals surface area (Å²) >= 11 is 1.56. The predicted octanol–water partition coefficient (Wildman–Crippen LogP) is 3.41. The van der Waals surface area contributed by atoms with E-state index in [1.165, 1.54) is 12.1 Å². The van der Waals surface area contributed by atoms with Gasteiger partial charge in [0.2, 0.25) is 11.8 Å². The van der Waals surface area contributed by atoms with Gasteiger partial charge in [0.15, 0.2) is 0 Å². The van der Waals surface area contributed by atoms with E-state index in [9.17, 15) is 19.7 Å². The maximum atomic E-state index is 12.6. The Kier molecular flexibility index (Phi) is 5.13. The van der Waals surface area contributed by atoms with Crippen molar-refractivity contribution in [3.63, 3.8) is 0 Å². The lowest BCUT2D eigenvalue weighted by Crippen LogP contribution is -2.54. The van der Waals surface area contributed by atoms with Gasteiger partial charge in [-0.2, -0.15) is 0 Å². The Labute approximate surface area is 150 Å². The van der Waals surface area contributed by atoms with E-state index in [0.29, 0.717) is 6.42 Å². The molecule has 2 aliphatic rings. The molecule has 6 nitrogen and oxygen atoms in total. The van der Waals surface area contributed by atoms with Gasteiger partial charge in [-0.1, -0.05) is 38.3 Å². The number of carbonyl (C=O) groups is 2. The van der Waals surface area contributed by atoms with E-state index in [4.69, 9.17) is 0 Å². The van der Waals surface area contributed by atoms with E-state index in [1.807, 2.05) is 6.07 Å². The van der Waals surface area contributed by atoms with Crippen LogP contribution in [0.2, 0.25) is 0 Å². The first kappa shape index (κ1) is 17.9. The van der Waals surface area contributed by atoms with Crippen LogP contribution in [-0.2, 0) is 9.59 Å². The lowest BCUT2D eigenvalue weighted by atomic mass is 9.62. The number of hydrogen-bond donors (Lipinski definition) is 1. The summed E-state index contributed by atoms with van der Waals surface area (Å²) in [7, 11) is 0. The molecule has 7 heteroatoms. The van der Waals surface area contributed by atoms with Crippen LogP contribution in [0, 0.1) is 16.0 Å². The van der Waals surface area contributed by atoms with Crippen LogP contribution in [0.3, 0.4) is 0 Å². The van der Waals surface area contributed by atoms with Crippen molar-refractivity contribution in [3.8, 4) is 0 Å². The van der Waals surface area contributed by atoms with Crippen molar-refractivity contribution < 1.29 is 14.5 Å². The molecular weight excluding hydrogens is 340 g/mol. The molecule has 1 heterocycles. The number of rotatable bonds is 8. The van der Waals surface area contributed by atoms with E-state index in [0.717, 1.165) is 37.0 Å². The summed E-state index contributed by atoms with van der Waals surface area (Å²) in [6.07, 6.45) is 5.00. The lowest BCUT2D eigenvalue weighted by Gasteiger charge is -2.48. The number of nitro benzene ring substituents is 1. The highest BCUT2D eigenvalue weighted by Gasteiger charge is 2.67. The molecule has 1 saturated heterocycles. The van der Waals surface area contributed by atoms with E-state index < -0.39 is 9.67 Å². The van der Waals surface area contributed by atoms with Crippen LogP contribution in [0.4, 0.5) is 5.69 Å². The third-order valence-corrected chi connectivity index (χ3v) is 6.96. The monoisotopic (exact) mass is 362 g/mol. The van der Waals surface area contributed by atoms with E-state index in [2.05, 4.69) is 12.2 Å². The van der Waals surface area contributed by atoms with Gasteiger partial charge >= 0.3 is 0 Å². The van der Waals surface area contributed by atoms with Gasteiger partial charge in [0.05, 0.1) is 10.8 Å². The van der Waals surface area contributed by atoms with Crippen molar-refractivity contribution in [3.05, 3.63) is 39.9 Å². The summed E-state index contributed by atoms with van der Waals surface area (Å²) < 4.78 is -0.793. The minimum atomic E-state index is -0.793. The van der Waals surface area contributed by atoms with E-state index in [1.54, 1.807) is 17.8 Å². The fraction of sp³-hybridized carbons (Fsp3) is 0.556. The second kappa shape index (κ2) is 7.15. The fourth-order valence-electron chi connectivity index (χ4n) is 3.86. The smallest absolute Gasteiger partial charge is 0.269 e. The van der Waals surface area contributed by atoms with Gasteiger partial charge in [-0.3, -0.25) is 25.0 Å². The highest BCUT2D eigenvalue weighted by Crippen LogP contribution is 2.61. The largest absolute Gasteiger partial charge is 0.295 e. The zero-order valence-corrected chi connectivity index (χ0v) is 15.0. The standard InChI is InChI=1S/C18H22N2O4S/c1-2-3-4-5-9-25-18-14(11-15(18)16(21)19-17(18)22)12-7-6-8-13(10-12)20(23)24/h6-8,10,14-15H,2-5,9,11H2,1H3,(H,19,21,22)/t14-,15-,18+/m1/s1. The highest BCUT2D eigenvalue weighted by atomic mass is 32.2. The van der Waals surface area contributed by atoms with Crippen LogP contribution >= 0.6 is 11.8 Å². The van der Waals surface area contributed by atoms with Crippen molar-refractivity contribution in [1.82, 2.24) is 5.32 Å². The first-order valence-corrected chi connectivity index (χ1v) is 9.73. The van der Waals surface area contributed by atoms with Crippen LogP contribution < -0.4 is 5.32 Å². The number of nitro groups is 1. The Hall–Kier alpha value is -1.89. The van der Waals surface area contributed by atoms with Gasteiger partial charge in [-0.15, -0.1) is 11.8 Å². The Morgan fingerprint density at radius 1 is 1.28 bits per heavy atom. The van der Waals surface area contributed by atoms with Crippen LogP contribution in [0.5, 0.6) is 0 Å². The number of amides is 2. The average molecular weight is 362 g/mol. The summed E-state index contributed by atoms with van der Waals surface area (Å²) in [5.74, 6) is -0.0817. The molecule has 0 radical (unpaired) electrons. The van der Waals surface area contributed by atoms with Crippen molar-refractivity contribution in [2.45, 2.75) is 49.7 Å². The van der Waals surface area contributed by atoms with Crippen LogP contribution in [0.15, 0.2) is 24.3 Å². The molecule has 1 saturated carbocycles. The minimum Gasteiger partial charge on any atom is -0.295 e. The third-order valence-electron chi connectivity index (χ3n) is 5.24. The molecular formula is C18H22N2O4S. The number of nitrogens with one attached hydrogen (secondary N) is 1. The zero-order valence-electron chi connectivity index (χ0n) is 14.2. The van der Waals surface area contributed by atoms with Crippen LogP contribution in [-0.4, -0.2) is 27.2 Å².